The second kappa shape index (κ2) is 4.64. The van der Waals surface area contributed by atoms with Gasteiger partial charge < -0.3 is 5.32 Å². The summed E-state index contributed by atoms with van der Waals surface area (Å²) in [6.07, 6.45) is 0. The van der Waals surface area contributed by atoms with E-state index in [1.165, 1.54) is 11.1 Å². The second-order valence-corrected chi connectivity index (χ2v) is 3.71. The van der Waals surface area contributed by atoms with Crippen molar-refractivity contribution >= 4 is 11.6 Å². The summed E-state index contributed by atoms with van der Waals surface area (Å²) in [5.41, 5.74) is 2.38. The molecule has 0 heterocycles. The molecular weight excluding hydrogens is 182 g/mol. The van der Waals surface area contributed by atoms with Gasteiger partial charge in [0.25, 0.3) is 0 Å². The van der Waals surface area contributed by atoms with E-state index in [-0.39, 0.29) is 0 Å². The van der Waals surface area contributed by atoms with E-state index >= 15 is 0 Å². The van der Waals surface area contributed by atoms with Gasteiger partial charge in [0.05, 0.1) is 0 Å². The standard InChI is InChI=1S/C11H16ClN/c1-4-13-9(3)10-6-5-8(2)7-11(10)12/h5-7,9,13H,4H2,1-3H3. The van der Waals surface area contributed by atoms with Crippen molar-refractivity contribution in [1.82, 2.24) is 5.32 Å². The molecule has 72 valence electrons. The van der Waals surface area contributed by atoms with Crippen LogP contribution in [-0.4, -0.2) is 6.54 Å². The van der Waals surface area contributed by atoms with E-state index in [1.807, 2.05) is 13.0 Å². The lowest BCUT2D eigenvalue weighted by Crippen LogP contribution is -2.17. The maximum atomic E-state index is 6.12. The Morgan fingerprint density at radius 1 is 1.46 bits per heavy atom. The van der Waals surface area contributed by atoms with Gasteiger partial charge in [-0.3, -0.25) is 0 Å². The Kier molecular flexibility index (Phi) is 3.76. The largest absolute Gasteiger partial charge is 0.310 e. The molecule has 13 heavy (non-hydrogen) atoms. The zero-order chi connectivity index (χ0) is 9.84. The Balaban J connectivity index is 2.88. The average Bonchev–Trinajstić information content (AvgIpc) is 2.04. The summed E-state index contributed by atoms with van der Waals surface area (Å²) in [5.74, 6) is 0. The Morgan fingerprint density at radius 2 is 2.15 bits per heavy atom. The summed E-state index contributed by atoms with van der Waals surface area (Å²) in [4.78, 5) is 0. The van der Waals surface area contributed by atoms with E-state index < -0.39 is 0 Å². The first-order chi connectivity index (χ1) is 6.15. The Bertz CT molecular complexity index is 283. The van der Waals surface area contributed by atoms with Crippen LogP contribution in [0.1, 0.15) is 31.0 Å². The molecule has 0 aliphatic carbocycles. The van der Waals surface area contributed by atoms with Gasteiger partial charge in [-0.2, -0.15) is 0 Å². The molecule has 0 spiro atoms. The molecule has 1 aromatic rings. The summed E-state index contributed by atoms with van der Waals surface area (Å²) >= 11 is 6.12. The first-order valence-corrected chi connectivity index (χ1v) is 5.02. The zero-order valence-corrected chi connectivity index (χ0v) is 9.15. The summed E-state index contributed by atoms with van der Waals surface area (Å²) in [5, 5.41) is 4.19. The molecule has 0 aromatic heterocycles. The van der Waals surface area contributed by atoms with Crippen molar-refractivity contribution in [2.24, 2.45) is 0 Å². The molecule has 0 fully saturated rings. The Hall–Kier alpha value is -0.530. The van der Waals surface area contributed by atoms with Gasteiger partial charge >= 0.3 is 0 Å². The number of hydrogen-bond donors (Lipinski definition) is 1. The molecule has 2 heteroatoms. The van der Waals surface area contributed by atoms with Crippen molar-refractivity contribution < 1.29 is 0 Å². The van der Waals surface area contributed by atoms with Crippen molar-refractivity contribution in [1.29, 1.82) is 0 Å². The van der Waals surface area contributed by atoms with Crippen LogP contribution in [-0.2, 0) is 0 Å². The van der Waals surface area contributed by atoms with Crippen LogP contribution < -0.4 is 5.32 Å². The van der Waals surface area contributed by atoms with Crippen LogP contribution in [0.25, 0.3) is 0 Å². The van der Waals surface area contributed by atoms with Gasteiger partial charge in [-0.25, -0.2) is 0 Å². The lowest BCUT2D eigenvalue weighted by atomic mass is 10.1. The van der Waals surface area contributed by atoms with E-state index in [1.54, 1.807) is 0 Å². The minimum atomic E-state index is 0.332. The van der Waals surface area contributed by atoms with Crippen LogP contribution in [0.5, 0.6) is 0 Å². The molecule has 0 radical (unpaired) electrons. The summed E-state index contributed by atoms with van der Waals surface area (Å²) in [6, 6.07) is 6.52. The van der Waals surface area contributed by atoms with Crippen molar-refractivity contribution in [3.63, 3.8) is 0 Å². The number of hydrogen-bond acceptors (Lipinski definition) is 1. The van der Waals surface area contributed by atoms with Crippen molar-refractivity contribution in [2.75, 3.05) is 6.54 Å². The highest BCUT2D eigenvalue weighted by molar-refractivity contribution is 6.31. The van der Waals surface area contributed by atoms with Crippen molar-refractivity contribution in [3.05, 3.63) is 34.3 Å². The minimum Gasteiger partial charge on any atom is -0.310 e. The predicted molar refractivity (Wildman–Crippen MR) is 58.3 cm³/mol. The first kappa shape index (κ1) is 10.6. The van der Waals surface area contributed by atoms with Crippen molar-refractivity contribution in [3.8, 4) is 0 Å². The van der Waals surface area contributed by atoms with Crippen molar-refractivity contribution in [2.45, 2.75) is 26.8 Å². The highest BCUT2D eigenvalue weighted by Gasteiger charge is 2.07. The van der Waals surface area contributed by atoms with Crippen LogP contribution in [0.3, 0.4) is 0 Å². The van der Waals surface area contributed by atoms with Crippen LogP contribution in [0.15, 0.2) is 18.2 Å². The van der Waals surface area contributed by atoms with Gasteiger partial charge in [0.15, 0.2) is 0 Å². The van der Waals surface area contributed by atoms with Gasteiger partial charge in [0.2, 0.25) is 0 Å². The Morgan fingerprint density at radius 3 is 2.69 bits per heavy atom. The molecule has 0 saturated carbocycles. The average molecular weight is 198 g/mol. The highest BCUT2D eigenvalue weighted by Crippen LogP contribution is 2.23. The van der Waals surface area contributed by atoms with Crippen LogP contribution >= 0.6 is 11.6 Å². The van der Waals surface area contributed by atoms with E-state index in [2.05, 4.69) is 31.3 Å². The fourth-order valence-corrected chi connectivity index (χ4v) is 1.80. The molecule has 0 aliphatic rings. The zero-order valence-electron chi connectivity index (χ0n) is 8.39. The second-order valence-electron chi connectivity index (χ2n) is 3.30. The maximum absolute atomic E-state index is 6.12. The number of aryl methyl sites for hydroxylation is 1. The van der Waals surface area contributed by atoms with E-state index in [4.69, 9.17) is 11.6 Å². The Labute approximate surface area is 85.1 Å². The number of halogens is 1. The first-order valence-electron chi connectivity index (χ1n) is 4.64. The summed E-state index contributed by atoms with van der Waals surface area (Å²) in [6.45, 7) is 7.23. The molecule has 1 rings (SSSR count). The van der Waals surface area contributed by atoms with Crippen LogP contribution in [0.2, 0.25) is 5.02 Å². The molecule has 0 bridgehead atoms. The quantitative estimate of drug-likeness (QED) is 0.784. The van der Waals surface area contributed by atoms with Gasteiger partial charge in [0.1, 0.15) is 0 Å². The summed E-state index contributed by atoms with van der Waals surface area (Å²) < 4.78 is 0. The normalized spacial score (nSPS) is 12.9. The molecular formula is C11H16ClN. The maximum Gasteiger partial charge on any atom is 0.0456 e. The number of benzene rings is 1. The lowest BCUT2D eigenvalue weighted by molar-refractivity contribution is 0.598. The molecule has 1 unspecified atom stereocenters. The fourth-order valence-electron chi connectivity index (χ4n) is 1.40. The van der Waals surface area contributed by atoms with E-state index in [0.717, 1.165) is 11.6 Å². The van der Waals surface area contributed by atoms with Crippen LogP contribution in [0, 0.1) is 6.92 Å². The summed E-state index contributed by atoms with van der Waals surface area (Å²) in [7, 11) is 0. The van der Waals surface area contributed by atoms with Crippen LogP contribution in [0.4, 0.5) is 0 Å². The SMILES string of the molecule is CCNC(C)c1ccc(C)cc1Cl. The molecule has 1 nitrogen and oxygen atoms in total. The third-order valence-corrected chi connectivity index (χ3v) is 2.46. The predicted octanol–water partition coefficient (Wildman–Crippen LogP) is 3.32. The molecule has 0 aliphatic heterocycles. The fraction of sp³-hybridized carbons (Fsp3) is 0.455. The monoisotopic (exact) mass is 197 g/mol. The minimum absolute atomic E-state index is 0.332. The lowest BCUT2D eigenvalue weighted by Gasteiger charge is -2.14. The topological polar surface area (TPSA) is 12.0 Å². The van der Waals surface area contributed by atoms with Gasteiger partial charge in [0, 0.05) is 11.1 Å². The highest BCUT2D eigenvalue weighted by atomic mass is 35.5. The molecule has 1 N–H and O–H groups in total. The van der Waals surface area contributed by atoms with Gasteiger partial charge in [-0.15, -0.1) is 0 Å². The molecule has 1 aromatic carbocycles. The number of nitrogens with one attached hydrogen (secondary N) is 1. The number of rotatable bonds is 3. The van der Waals surface area contributed by atoms with Gasteiger partial charge in [-0.1, -0.05) is 30.7 Å². The van der Waals surface area contributed by atoms with E-state index in [0.29, 0.717) is 6.04 Å². The third-order valence-electron chi connectivity index (χ3n) is 2.13. The third kappa shape index (κ3) is 2.71. The molecule has 1 atom stereocenters. The smallest absolute Gasteiger partial charge is 0.0456 e. The molecule has 0 amide bonds. The van der Waals surface area contributed by atoms with Gasteiger partial charge in [-0.05, 0) is 37.6 Å². The molecule has 0 saturated heterocycles. The van der Waals surface area contributed by atoms with E-state index in [9.17, 15) is 0 Å².